The molecule has 0 radical (unpaired) electrons. The molecule has 0 fully saturated rings. The molecule has 3 aromatic rings. The highest BCUT2D eigenvalue weighted by molar-refractivity contribution is 6.31. The SMILES string of the molecule is CCn1cc(/C=N\NC(=O)C(NC(=O)c2cccc(Cl)c2)C(C)C)c2ccccc21. The third-order valence-corrected chi connectivity index (χ3v) is 5.10. The number of hydrogen-bond donors (Lipinski definition) is 2. The minimum Gasteiger partial charge on any atom is -0.347 e. The zero-order valence-corrected chi connectivity index (χ0v) is 18.0. The average molecular weight is 425 g/mol. The second-order valence-electron chi connectivity index (χ2n) is 7.33. The van der Waals surface area contributed by atoms with Crippen LogP contribution in [-0.4, -0.2) is 28.6 Å². The Morgan fingerprint density at radius 3 is 2.63 bits per heavy atom. The first-order valence-corrected chi connectivity index (χ1v) is 10.3. The molecule has 156 valence electrons. The second kappa shape index (κ2) is 9.59. The van der Waals surface area contributed by atoms with Gasteiger partial charge in [-0.2, -0.15) is 5.10 Å². The third-order valence-electron chi connectivity index (χ3n) is 4.86. The van der Waals surface area contributed by atoms with E-state index in [1.54, 1.807) is 30.5 Å². The summed E-state index contributed by atoms with van der Waals surface area (Å²) in [5, 5.41) is 8.41. The summed E-state index contributed by atoms with van der Waals surface area (Å²) in [6, 6.07) is 13.9. The van der Waals surface area contributed by atoms with E-state index in [4.69, 9.17) is 11.6 Å². The van der Waals surface area contributed by atoms with E-state index in [-0.39, 0.29) is 17.7 Å². The van der Waals surface area contributed by atoms with Crippen molar-refractivity contribution in [1.29, 1.82) is 0 Å². The molecule has 1 aromatic heterocycles. The first kappa shape index (κ1) is 21.6. The van der Waals surface area contributed by atoms with Gasteiger partial charge in [-0.25, -0.2) is 5.43 Å². The number of hydrogen-bond acceptors (Lipinski definition) is 3. The highest BCUT2D eigenvalue weighted by Crippen LogP contribution is 2.19. The van der Waals surface area contributed by atoms with Crippen molar-refractivity contribution in [3.05, 3.63) is 70.9 Å². The van der Waals surface area contributed by atoms with Gasteiger partial charge in [0, 0.05) is 39.8 Å². The van der Waals surface area contributed by atoms with E-state index >= 15 is 0 Å². The van der Waals surface area contributed by atoms with Crippen LogP contribution in [-0.2, 0) is 11.3 Å². The largest absolute Gasteiger partial charge is 0.347 e. The van der Waals surface area contributed by atoms with Gasteiger partial charge in [-0.3, -0.25) is 9.59 Å². The summed E-state index contributed by atoms with van der Waals surface area (Å²) < 4.78 is 2.13. The Balaban J connectivity index is 1.71. The van der Waals surface area contributed by atoms with Crippen molar-refractivity contribution in [2.75, 3.05) is 0 Å². The predicted molar refractivity (Wildman–Crippen MR) is 121 cm³/mol. The Morgan fingerprint density at radius 1 is 1.17 bits per heavy atom. The van der Waals surface area contributed by atoms with Crippen LogP contribution < -0.4 is 10.7 Å². The number of amides is 2. The van der Waals surface area contributed by atoms with Gasteiger partial charge in [0.2, 0.25) is 0 Å². The lowest BCUT2D eigenvalue weighted by atomic mass is 10.0. The number of aryl methyl sites for hydroxylation is 1. The lowest BCUT2D eigenvalue weighted by molar-refractivity contribution is -0.123. The van der Waals surface area contributed by atoms with E-state index in [0.717, 1.165) is 23.0 Å². The molecule has 1 heterocycles. The minimum atomic E-state index is -0.731. The molecule has 6 nitrogen and oxygen atoms in total. The zero-order valence-electron chi connectivity index (χ0n) is 17.2. The molecule has 2 amide bonds. The molecule has 0 spiro atoms. The molecule has 2 aromatic carbocycles. The van der Waals surface area contributed by atoms with Gasteiger partial charge in [-0.15, -0.1) is 0 Å². The van der Waals surface area contributed by atoms with Crippen LogP contribution in [0.2, 0.25) is 5.02 Å². The summed E-state index contributed by atoms with van der Waals surface area (Å²) in [5.74, 6) is -0.859. The van der Waals surface area contributed by atoms with Crippen LogP contribution in [0.1, 0.15) is 36.7 Å². The van der Waals surface area contributed by atoms with Gasteiger partial charge < -0.3 is 9.88 Å². The van der Waals surface area contributed by atoms with Gasteiger partial charge in [0.05, 0.1) is 6.21 Å². The summed E-state index contributed by atoms with van der Waals surface area (Å²) in [6.07, 6.45) is 3.63. The van der Waals surface area contributed by atoms with Crippen molar-refractivity contribution >= 4 is 40.5 Å². The van der Waals surface area contributed by atoms with Crippen LogP contribution in [0.5, 0.6) is 0 Å². The summed E-state index contributed by atoms with van der Waals surface area (Å²) in [7, 11) is 0. The van der Waals surface area contributed by atoms with Crippen LogP contribution in [0.3, 0.4) is 0 Å². The molecule has 7 heteroatoms. The van der Waals surface area contributed by atoms with Crippen molar-refractivity contribution in [3.63, 3.8) is 0 Å². The Bertz CT molecular complexity index is 1090. The average Bonchev–Trinajstić information content (AvgIpc) is 3.09. The highest BCUT2D eigenvalue weighted by Gasteiger charge is 2.24. The lowest BCUT2D eigenvalue weighted by Gasteiger charge is -2.20. The maximum Gasteiger partial charge on any atom is 0.262 e. The van der Waals surface area contributed by atoms with Gasteiger partial charge in [0.25, 0.3) is 11.8 Å². The number of carbonyl (C=O) groups is 2. The molecule has 2 N–H and O–H groups in total. The van der Waals surface area contributed by atoms with Crippen LogP contribution in [0, 0.1) is 5.92 Å². The van der Waals surface area contributed by atoms with E-state index in [0.29, 0.717) is 10.6 Å². The lowest BCUT2D eigenvalue weighted by Crippen LogP contribution is -2.48. The Morgan fingerprint density at radius 2 is 1.93 bits per heavy atom. The van der Waals surface area contributed by atoms with Crippen LogP contribution in [0.25, 0.3) is 10.9 Å². The fourth-order valence-corrected chi connectivity index (χ4v) is 3.45. The number of para-hydroxylation sites is 1. The fourth-order valence-electron chi connectivity index (χ4n) is 3.26. The standard InChI is InChI=1S/C23H25ClN4O2/c1-4-28-14-17(19-10-5-6-11-20(19)28)13-25-27-23(30)21(15(2)3)26-22(29)16-8-7-9-18(24)12-16/h5-15,21H,4H2,1-3H3,(H,26,29)(H,27,30)/b25-13-. The van der Waals surface area contributed by atoms with Gasteiger partial charge in [0.1, 0.15) is 6.04 Å². The van der Waals surface area contributed by atoms with Crippen molar-refractivity contribution in [3.8, 4) is 0 Å². The molecule has 30 heavy (non-hydrogen) atoms. The van der Waals surface area contributed by atoms with Crippen molar-refractivity contribution < 1.29 is 9.59 Å². The molecule has 1 unspecified atom stereocenters. The third kappa shape index (κ3) is 4.89. The fraction of sp³-hybridized carbons (Fsp3) is 0.261. The van der Waals surface area contributed by atoms with Gasteiger partial charge >= 0.3 is 0 Å². The number of halogens is 1. The van der Waals surface area contributed by atoms with Crippen molar-refractivity contribution in [2.24, 2.45) is 11.0 Å². The monoisotopic (exact) mass is 424 g/mol. The summed E-state index contributed by atoms with van der Waals surface area (Å²) >= 11 is 5.95. The van der Waals surface area contributed by atoms with Crippen LogP contribution >= 0.6 is 11.6 Å². The second-order valence-corrected chi connectivity index (χ2v) is 7.76. The number of rotatable bonds is 7. The smallest absolute Gasteiger partial charge is 0.262 e. The van der Waals surface area contributed by atoms with E-state index in [2.05, 4.69) is 33.4 Å². The van der Waals surface area contributed by atoms with Crippen LogP contribution in [0.15, 0.2) is 59.8 Å². The number of nitrogens with zero attached hydrogens (tertiary/aromatic N) is 2. The molecule has 0 saturated heterocycles. The molecule has 0 aliphatic rings. The number of nitrogens with one attached hydrogen (secondary N) is 2. The predicted octanol–water partition coefficient (Wildman–Crippen LogP) is 4.22. The highest BCUT2D eigenvalue weighted by atomic mass is 35.5. The Labute approximate surface area is 180 Å². The Kier molecular flexibility index (Phi) is 6.90. The number of aromatic nitrogens is 1. The molecule has 3 rings (SSSR count). The maximum absolute atomic E-state index is 12.7. The summed E-state index contributed by atoms with van der Waals surface area (Å²) in [5.41, 5.74) is 4.98. The van der Waals surface area contributed by atoms with E-state index in [9.17, 15) is 9.59 Å². The van der Waals surface area contributed by atoms with E-state index in [1.165, 1.54) is 0 Å². The Hall–Kier alpha value is -3.12. The minimum absolute atomic E-state index is 0.120. The van der Waals surface area contributed by atoms with E-state index in [1.807, 2.05) is 38.2 Å². The first-order valence-electron chi connectivity index (χ1n) is 9.88. The first-order chi connectivity index (χ1) is 14.4. The van der Waals surface area contributed by atoms with Crippen molar-refractivity contribution in [1.82, 2.24) is 15.3 Å². The molecule has 0 saturated carbocycles. The molecule has 0 bridgehead atoms. The number of carbonyl (C=O) groups excluding carboxylic acids is 2. The summed E-state index contributed by atoms with van der Waals surface area (Å²) in [6.45, 7) is 6.64. The normalized spacial score (nSPS) is 12.4. The zero-order chi connectivity index (χ0) is 21.7. The maximum atomic E-state index is 12.7. The molecule has 0 aliphatic heterocycles. The number of benzene rings is 2. The number of hydrazone groups is 1. The topological polar surface area (TPSA) is 75.5 Å². The van der Waals surface area contributed by atoms with Crippen LogP contribution in [0.4, 0.5) is 0 Å². The van der Waals surface area contributed by atoms with Crippen molar-refractivity contribution in [2.45, 2.75) is 33.4 Å². The van der Waals surface area contributed by atoms with Gasteiger partial charge in [-0.05, 0) is 37.1 Å². The molecule has 0 aliphatic carbocycles. The van der Waals surface area contributed by atoms with Gasteiger partial charge in [0.15, 0.2) is 0 Å². The van der Waals surface area contributed by atoms with E-state index < -0.39 is 6.04 Å². The molecule has 1 atom stereocenters. The number of fused-ring (bicyclic) bond motifs is 1. The quantitative estimate of drug-likeness (QED) is 0.440. The van der Waals surface area contributed by atoms with Gasteiger partial charge in [-0.1, -0.05) is 49.7 Å². The molecular formula is C23H25ClN4O2. The molecular weight excluding hydrogens is 400 g/mol. The summed E-state index contributed by atoms with van der Waals surface area (Å²) in [4.78, 5) is 25.2.